The van der Waals surface area contributed by atoms with Crippen LogP contribution in [0.5, 0.6) is 0 Å². The molecule has 0 aromatic heterocycles. The maximum Gasteiger partial charge on any atom is 0.423 e. The van der Waals surface area contributed by atoms with Gasteiger partial charge in [0.05, 0.1) is 31.2 Å². The molecule has 2 bridgehead atoms. The van der Waals surface area contributed by atoms with Crippen molar-refractivity contribution in [3.05, 3.63) is 47.6 Å². The number of methoxy groups -OCH3 is 2. The second-order valence-corrected chi connectivity index (χ2v) is 20.9. The minimum Gasteiger partial charge on any atom is -0.460 e. The number of fused-ring (bicyclic) bond motifs is 3. The molecule has 410 valence electrons. The van der Waals surface area contributed by atoms with E-state index < -0.39 is 108 Å². The van der Waals surface area contributed by atoms with Gasteiger partial charge in [0.15, 0.2) is 5.78 Å². The molecule has 1 saturated carbocycles. The molecule has 0 unspecified atom stereocenters. The van der Waals surface area contributed by atoms with Crippen molar-refractivity contribution >= 4 is 41.3 Å². The topological polar surface area (TPSA) is 280 Å². The summed E-state index contributed by atoms with van der Waals surface area (Å²) in [5.41, 5.74) is 8.93. The third-order valence-corrected chi connectivity index (χ3v) is 15.1. The van der Waals surface area contributed by atoms with E-state index in [1.807, 2.05) is 26.0 Å². The standard InChI is InChI=1S/C53H82N4O16/c1-30-16-12-11-13-17-31(2)40(55-72-52(54)65)28-38-21-19-36(7)53(66,71-38)48(61)49(62)57-23-15-14-18-41(57)51(64)70-43(33(4)26-37-20-22-39(44(27-37)68-9)50(63)73-56(8)67)29-42(58)32(3)25-35(6)46(60)47(69-10)45(59)34(5)24-30/h11-13,16-17,25,30,32-34,36-41,43-44,46-47,55,60,66-67H,14-15,18-24,26-29H2,1-10H3,(H2,54,65)/b13-11+,16-12-,31-17+,35-25+/t30-,32-,33-,34-,36-,37+,38+,39-,40+,41+,43+,44-,46-,47+,53-/m1/s1. The van der Waals surface area contributed by atoms with Crippen LogP contribution in [0.4, 0.5) is 4.79 Å². The van der Waals surface area contributed by atoms with Crippen molar-refractivity contribution in [1.29, 1.82) is 0 Å². The van der Waals surface area contributed by atoms with E-state index in [0.717, 1.165) is 4.90 Å². The highest BCUT2D eigenvalue weighted by Crippen LogP contribution is 2.39. The average molecular weight is 1030 g/mol. The number of nitrogens with zero attached hydrogens (tertiary/aromatic N) is 2. The molecular weight excluding hydrogens is 949 g/mol. The Kier molecular flexibility index (Phi) is 23.6. The minimum atomic E-state index is -2.57. The monoisotopic (exact) mass is 1030 g/mol. The normalized spacial score (nSPS) is 37.2. The molecule has 20 heteroatoms. The Morgan fingerprint density at radius 2 is 1.66 bits per heavy atom. The molecule has 4 aliphatic rings. The van der Waals surface area contributed by atoms with Gasteiger partial charge in [-0.2, -0.15) is 0 Å². The van der Waals surface area contributed by atoms with Gasteiger partial charge in [-0.1, -0.05) is 76.6 Å². The average Bonchev–Trinajstić information content (AvgIpc) is 3.34. The highest BCUT2D eigenvalue weighted by Gasteiger charge is 2.53. The van der Waals surface area contributed by atoms with Crippen molar-refractivity contribution in [1.82, 2.24) is 15.6 Å². The molecule has 0 spiro atoms. The van der Waals surface area contributed by atoms with Crippen molar-refractivity contribution in [3.63, 3.8) is 0 Å². The Balaban J connectivity index is 1.72. The number of rotatable bonds is 9. The van der Waals surface area contributed by atoms with Crippen LogP contribution in [0.1, 0.15) is 126 Å². The van der Waals surface area contributed by atoms with Crippen LogP contribution in [0.15, 0.2) is 47.6 Å². The van der Waals surface area contributed by atoms with Crippen molar-refractivity contribution in [3.8, 4) is 0 Å². The van der Waals surface area contributed by atoms with E-state index in [9.17, 15) is 49.0 Å². The van der Waals surface area contributed by atoms with Crippen molar-refractivity contribution in [2.24, 2.45) is 47.2 Å². The highest BCUT2D eigenvalue weighted by molar-refractivity contribution is 6.39. The van der Waals surface area contributed by atoms with Crippen LogP contribution in [0, 0.1) is 41.4 Å². The predicted octanol–water partition coefficient (Wildman–Crippen LogP) is 5.17. The number of aliphatic hydroxyl groups excluding tert-OH is 1. The fraction of sp³-hybridized carbons (Fsp3) is 0.717. The van der Waals surface area contributed by atoms with E-state index >= 15 is 0 Å². The van der Waals surface area contributed by atoms with E-state index in [1.54, 1.807) is 58.9 Å². The molecule has 3 fully saturated rings. The fourth-order valence-electron chi connectivity index (χ4n) is 10.6. The molecule has 0 aromatic carbocycles. The molecule has 0 aromatic rings. The van der Waals surface area contributed by atoms with Crippen LogP contribution < -0.4 is 11.2 Å². The summed E-state index contributed by atoms with van der Waals surface area (Å²) < 4.78 is 23.7. The Hall–Kier alpha value is -4.67. The molecule has 0 radical (unpaired) electrons. The Labute approximate surface area is 429 Å². The molecule has 4 rings (SSSR count). The second kappa shape index (κ2) is 28.3. The number of carbonyl (C=O) groups excluding carboxylic acids is 7. The lowest BCUT2D eigenvalue weighted by molar-refractivity contribution is -0.306. The van der Waals surface area contributed by atoms with E-state index in [2.05, 4.69) is 5.48 Å². The summed E-state index contributed by atoms with van der Waals surface area (Å²) in [5.74, 6) is -10.5. The first-order chi connectivity index (χ1) is 34.4. The summed E-state index contributed by atoms with van der Waals surface area (Å²) in [5, 5.41) is 33.4. The summed E-state index contributed by atoms with van der Waals surface area (Å²) >= 11 is 0. The van der Waals surface area contributed by atoms with Gasteiger partial charge < -0.3 is 49.5 Å². The molecule has 3 heterocycles. The van der Waals surface area contributed by atoms with Gasteiger partial charge in [0.1, 0.15) is 30.1 Å². The number of esters is 1. The summed E-state index contributed by atoms with van der Waals surface area (Å²) in [7, 11) is 4.01. The van der Waals surface area contributed by atoms with E-state index in [1.165, 1.54) is 21.3 Å². The zero-order chi connectivity index (χ0) is 54.3. The summed E-state index contributed by atoms with van der Waals surface area (Å²) in [4.78, 5) is 107. The van der Waals surface area contributed by atoms with Gasteiger partial charge >= 0.3 is 18.0 Å². The van der Waals surface area contributed by atoms with Gasteiger partial charge in [0.25, 0.3) is 11.7 Å². The van der Waals surface area contributed by atoms with Crippen molar-refractivity contribution in [2.75, 3.05) is 27.8 Å². The molecule has 15 atom stereocenters. The van der Waals surface area contributed by atoms with Gasteiger partial charge in [-0.25, -0.2) is 14.4 Å². The van der Waals surface area contributed by atoms with Crippen LogP contribution in [-0.2, 0) is 57.4 Å². The summed E-state index contributed by atoms with van der Waals surface area (Å²) in [6.07, 6.45) is 8.37. The van der Waals surface area contributed by atoms with Gasteiger partial charge in [-0.3, -0.25) is 24.4 Å². The zero-order valence-corrected chi connectivity index (χ0v) is 44.4. The maximum absolute atomic E-state index is 14.5. The molecule has 2 amide bonds. The van der Waals surface area contributed by atoms with E-state index in [0.29, 0.717) is 67.7 Å². The third-order valence-electron chi connectivity index (χ3n) is 15.1. The second-order valence-electron chi connectivity index (χ2n) is 20.9. The molecule has 73 heavy (non-hydrogen) atoms. The SMILES string of the molecule is CO[C@@H]1C[C@H](C[C@@H](C)[C@@H]2CC(=O)[C@H](C)/C=C(\C)[C@@H](O)[C@@H](OC)C(=O)[C@H](C)C[C@H](C)\C=C/C=C/C=C(\C)[C@@H](NOC(N)=O)C[C@@H]3CC[C@@H](C)[C@@](O)(O3)C(=O)C(=O)N3CCCC[C@H]3C(=O)O2)CC[C@H]1C(=O)ON(C)O. The first-order valence-electron chi connectivity index (χ1n) is 25.7. The zero-order valence-electron chi connectivity index (χ0n) is 44.4. The molecule has 6 N–H and O–H groups in total. The van der Waals surface area contributed by atoms with Crippen LogP contribution >= 0.6 is 0 Å². The first kappa shape index (κ1) is 60.9. The van der Waals surface area contributed by atoms with Gasteiger partial charge in [0, 0.05) is 44.9 Å². The fourth-order valence-corrected chi connectivity index (χ4v) is 10.6. The van der Waals surface area contributed by atoms with Crippen LogP contribution in [0.3, 0.4) is 0 Å². The number of carbonyl (C=O) groups is 7. The molecule has 2 saturated heterocycles. The number of hydrogen-bond acceptors (Lipinski definition) is 18. The third kappa shape index (κ3) is 16.9. The van der Waals surface area contributed by atoms with Gasteiger partial charge in [0.2, 0.25) is 5.79 Å². The Morgan fingerprint density at radius 3 is 2.32 bits per heavy atom. The smallest absolute Gasteiger partial charge is 0.423 e. The first-order valence-corrected chi connectivity index (χ1v) is 25.7. The number of amides is 2. The minimum absolute atomic E-state index is 0.00275. The van der Waals surface area contributed by atoms with E-state index in [-0.39, 0.29) is 55.6 Å². The maximum atomic E-state index is 14.5. The number of piperidine rings is 1. The molecular formula is C53H82N4O16. The summed E-state index contributed by atoms with van der Waals surface area (Å²) in [6.45, 7) is 12.2. The number of primary amides is 1. The predicted molar refractivity (Wildman–Crippen MR) is 265 cm³/mol. The number of allylic oxidation sites excluding steroid dienone is 6. The number of hydrogen-bond donors (Lipinski definition) is 5. The number of hydroxylamine groups is 3. The number of Topliss-reactive ketones (excluding diaryl/α,β-unsaturated/α-hetero) is 3. The number of aliphatic hydroxyl groups is 2. The highest BCUT2D eigenvalue weighted by atomic mass is 16.9. The molecule has 1 aliphatic carbocycles. The number of nitrogens with one attached hydrogen (secondary N) is 1. The summed E-state index contributed by atoms with van der Waals surface area (Å²) in [6, 6.07) is -1.95. The number of ether oxygens (including phenoxy) is 4. The Bertz CT molecular complexity index is 2060. The van der Waals surface area contributed by atoms with E-state index in [4.69, 9.17) is 34.4 Å². The van der Waals surface area contributed by atoms with Crippen molar-refractivity contribution in [2.45, 2.75) is 174 Å². The number of ketones is 3. The van der Waals surface area contributed by atoms with Gasteiger partial charge in [-0.05, 0) is 113 Å². The molecule has 3 aliphatic heterocycles. The van der Waals surface area contributed by atoms with Crippen molar-refractivity contribution < 1.29 is 77.6 Å². The quantitative estimate of drug-likeness (QED) is 0.0862. The largest absolute Gasteiger partial charge is 0.460 e. The van der Waals surface area contributed by atoms with Crippen LogP contribution in [0.2, 0.25) is 0 Å². The van der Waals surface area contributed by atoms with Crippen LogP contribution in [-0.4, -0.2) is 143 Å². The number of nitrogens with two attached hydrogens (primary N) is 1. The molecule has 20 nitrogen and oxygen atoms in total. The van der Waals surface area contributed by atoms with Gasteiger partial charge in [-0.15, -0.1) is 5.48 Å². The lowest BCUT2D eigenvalue weighted by Gasteiger charge is -2.43. The number of cyclic esters (lactones) is 1. The lowest BCUT2D eigenvalue weighted by atomic mass is 9.75. The van der Waals surface area contributed by atoms with Crippen LogP contribution in [0.25, 0.3) is 0 Å². The Morgan fingerprint density at radius 1 is 0.945 bits per heavy atom. The lowest BCUT2D eigenvalue weighted by Crippen LogP contribution is -2.61.